The first-order chi connectivity index (χ1) is 10.2. The second kappa shape index (κ2) is 5.46. The van der Waals surface area contributed by atoms with Crippen molar-refractivity contribution >= 4 is 17.9 Å². The van der Waals surface area contributed by atoms with Crippen LogP contribution in [0.5, 0.6) is 0 Å². The van der Waals surface area contributed by atoms with Gasteiger partial charge in [0.05, 0.1) is 23.1 Å². The molecule has 0 bridgehead atoms. The zero-order chi connectivity index (χ0) is 14.8. The number of halogens is 2. The maximum Gasteiger partial charge on any atom is 0.153 e. The molecule has 0 amide bonds. The smallest absolute Gasteiger partial charge is 0.153 e. The van der Waals surface area contributed by atoms with Gasteiger partial charge in [-0.2, -0.15) is 5.10 Å². The van der Waals surface area contributed by atoms with E-state index in [-0.39, 0.29) is 0 Å². The molecule has 0 spiro atoms. The number of hydrogen-bond donors (Lipinski definition) is 0. The van der Waals surface area contributed by atoms with Gasteiger partial charge in [-0.25, -0.2) is 9.07 Å². The largest absolute Gasteiger partial charge is 0.298 e. The highest BCUT2D eigenvalue weighted by Gasteiger charge is 2.13. The monoisotopic (exact) mass is 301 g/mol. The molecule has 4 nitrogen and oxygen atoms in total. The van der Waals surface area contributed by atoms with E-state index >= 15 is 0 Å². The van der Waals surface area contributed by atoms with E-state index in [0.29, 0.717) is 28.3 Å². The molecular formula is C15H9ClFN3O. The molecule has 0 aliphatic heterocycles. The van der Waals surface area contributed by atoms with Crippen molar-refractivity contribution in [3.8, 4) is 17.1 Å². The van der Waals surface area contributed by atoms with Gasteiger partial charge in [-0.05, 0) is 36.4 Å². The number of rotatable bonds is 3. The minimum Gasteiger partial charge on any atom is -0.298 e. The summed E-state index contributed by atoms with van der Waals surface area (Å²) in [4.78, 5) is 15.1. The summed E-state index contributed by atoms with van der Waals surface area (Å²) in [6.07, 6.45) is 3.38. The Hall–Kier alpha value is -2.53. The van der Waals surface area contributed by atoms with E-state index in [9.17, 15) is 9.18 Å². The van der Waals surface area contributed by atoms with E-state index in [2.05, 4.69) is 10.1 Å². The van der Waals surface area contributed by atoms with Crippen LogP contribution < -0.4 is 0 Å². The maximum absolute atomic E-state index is 12.9. The average Bonchev–Trinajstić information content (AvgIpc) is 2.93. The number of benzene rings is 1. The van der Waals surface area contributed by atoms with E-state index < -0.39 is 5.82 Å². The zero-order valence-electron chi connectivity index (χ0n) is 10.7. The molecule has 0 unspecified atom stereocenters. The minimum atomic E-state index is -0.441. The van der Waals surface area contributed by atoms with E-state index in [0.717, 1.165) is 11.9 Å². The third-order valence-corrected chi connectivity index (χ3v) is 3.18. The van der Waals surface area contributed by atoms with Crippen LogP contribution >= 0.6 is 11.6 Å². The number of pyridine rings is 1. The third kappa shape index (κ3) is 2.68. The van der Waals surface area contributed by atoms with Crippen LogP contribution in [0.3, 0.4) is 0 Å². The molecule has 0 saturated heterocycles. The third-order valence-electron chi connectivity index (χ3n) is 2.93. The Kier molecular flexibility index (Phi) is 3.50. The highest BCUT2D eigenvalue weighted by Crippen LogP contribution is 2.21. The molecule has 0 aliphatic carbocycles. The predicted molar refractivity (Wildman–Crippen MR) is 77.2 cm³/mol. The average molecular weight is 302 g/mol. The molecule has 3 aromatic rings. The Morgan fingerprint density at radius 2 is 1.90 bits per heavy atom. The highest BCUT2D eigenvalue weighted by atomic mass is 35.5. The number of carbonyl (C=O) groups is 1. The summed E-state index contributed by atoms with van der Waals surface area (Å²) < 4.78 is 14.5. The summed E-state index contributed by atoms with van der Waals surface area (Å²) in [6, 6.07) is 9.79. The predicted octanol–water partition coefficient (Wildman–Crippen LogP) is 3.54. The lowest BCUT2D eigenvalue weighted by Gasteiger charge is -2.00. The van der Waals surface area contributed by atoms with Gasteiger partial charge >= 0.3 is 0 Å². The van der Waals surface area contributed by atoms with Crippen molar-refractivity contribution in [2.75, 3.05) is 0 Å². The molecule has 104 valence electrons. The van der Waals surface area contributed by atoms with Crippen molar-refractivity contribution in [1.29, 1.82) is 0 Å². The second-order valence-electron chi connectivity index (χ2n) is 4.33. The molecule has 3 rings (SSSR count). The number of aromatic nitrogens is 3. The topological polar surface area (TPSA) is 47.8 Å². The molecule has 2 heterocycles. The van der Waals surface area contributed by atoms with Crippen LogP contribution in [0.2, 0.25) is 5.02 Å². The molecule has 0 radical (unpaired) electrons. The van der Waals surface area contributed by atoms with Crippen molar-refractivity contribution in [2.45, 2.75) is 0 Å². The van der Waals surface area contributed by atoms with Crippen LogP contribution in [0, 0.1) is 5.82 Å². The lowest BCUT2D eigenvalue weighted by Crippen LogP contribution is -1.95. The SMILES string of the molecule is O=Cc1cn(-c2ccc(Cl)cc2)nc1-c1ccc(F)cn1. The normalized spacial score (nSPS) is 10.6. The van der Waals surface area contributed by atoms with Gasteiger partial charge in [0.2, 0.25) is 0 Å². The summed E-state index contributed by atoms with van der Waals surface area (Å²) in [5.74, 6) is -0.441. The van der Waals surface area contributed by atoms with Crippen molar-refractivity contribution in [1.82, 2.24) is 14.8 Å². The van der Waals surface area contributed by atoms with Crippen LogP contribution in [-0.4, -0.2) is 21.1 Å². The maximum atomic E-state index is 12.9. The highest BCUT2D eigenvalue weighted by molar-refractivity contribution is 6.30. The molecule has 0 fully saturated rings. The van der Waals surface area contributed by atoms with Crippen molar-refractivity contribution in [3.63, 3.8) is 0 Å². The van der Waals surface area contributed by atoms with Crippen LogP contribution in [0.25, 0.3) is 17.1 Å². The van der Waals surface area contributed by atoms with E-state index in [1.54, 1.807) is 35.1 Å². The molecule has 21 heavy (non-hydrogen) atoms. The number of nitrogens with zero attached hydrogens (tertiary/aromatic N) is 3. The van der Waals surface area contributed by atoms with Crippen LogP contribution in [-0.2, 0) is 0 Å². The zero-order valence-corrected chi connectivity index (χ0v) is 11.5. The fourth-order valence-corrected chi connectivity index (χ4v) is 2.04. The van der Waals surface area contributed by atoms with Gasteiger partial charge < -0.3 is 0 Å². The molecule has 0 aliphatic rings. The van der Waals surface area contributed by atoms with E-state index in [1.165, 1.54) is 12.1 Å². The summed E-state index contributed by atoms with van der Waals surface area (Å²) in [6.45, 7) is 0. The van der Waals surface area contributed by atoms with E-state index in [4.69, 9.17) is 11.6 Å². The molecule has 0 atom stereocenters. The Morgan fingerprint density at radius 1 is 1.14 bits per heavy atom. The summed E-state index contributed by atoms with van der Waals surface area (Å²) >= 11 is 5.84. The number of hydrogen-bond acceptors (Lipinski definition) is 3. The minimum absolute atomic E-state index is 0.379. The molecule has 6 heteroatoms. The van der Waals surface area contributed by atoms with Gasteiger partial charge in [0, 0.05) is 11.2 Å². The lowest BCUT2D eigenvalue weighted by molar-refractivity contribution is 0.112. The van der Waals surface area contributed by atoms with Crippen molar-refractivity contribution in [3.05, 3.63) is 65.2 Å². The van der Waals surface area contributed by atoms with Gasteiger partial charge in [-0.15, -0.1) is 0 Å². The summed E-state index contributed by atoms with van der Waals surface area (Å²) in [7, 11) is 0. The molecule has 1 aromatic carbocycles. The first kappa shape index (κ1) is 13.5. The second-order valence-corrected chi connectivity index (χ2v) is 4.77. The van der Waals surface area contributed by atoms with E-state index in [1.807, 2.05) is 0 Å². The first-order valence-electron chi connectivity index (χ1n) is 6.10. The van der Waals surface area contributed by atoms with Gasteiger partial charge in [0.25, 0.3) is 0 Å². The Balaban J connectivity index is 2.08. The van der Waals surface area contributed by atoms with Gasteiger partial charge in [0.15, 0.2) is 6.29 Å². The van der Waals surface area contributed by atoms with Gasteiger partial charge in [-0.3, -0.25) is 9.78 Å². The van der Waals surface area contributed by atoms with Crippen LogP contribution in [0.1, 0.15) is 10.4 Å². The van der Waals surface area contributed by atoms with Crippen LogP contribution in [0.15, 0.2) is 48.8 Å². The fourth-order valence-electron chi connectivity index (χ4n) is 1.91. The molecule has 0 N–H and O–H groups in total. The van der Waals surface area contributed by atoms with Crippen LogP contribution in [0.4, 0.5) is 4.39 Å². The van der Waals surface area contributed by atoms with Crippen molar-refractivity contribution < 1.29 is 9.18 Å². The number of aldehydes is 1. The van der Waals surface area contributed by atoms with Gasteiger partial charge in [-0.1, -0.05) is 11.6 Å². The standard InChI is InChI=1S/C15H9ClFN3O/c16-11-1-4-13(5-2-11)20-8-10(9-21)15(19-20)14-6-3-12(17)7-18-14/h1-9H. The summed E-state index contributed by atoms with van der Waals surface area (Å²) in [5.41, 5.74) is 1.98. The molecular weight excluding hydrogens is 293 g/mol. The Labute approximate surface area is 124 Å². The quantitative estimate of drug-likeness (QED) is 0.695. The van der Waals surface area contributed by atoms with Gasteiger partial charge in [0.1, 0.15) is 11.5 Å². The fraction of sp³-hybridized carbons (Fsp3) is 0. The van der Waals surface area contributed by atoms with Crippen molar-refractivity contribution in [2.24, 2.45) is 0 Å². The Bertz CT molecular complexity index is 782. The first-order valence-corrected chi connectivity index (χ1v) is 6.48. The Morgan fingerprint density at radius 3 is 2.52 bits per heavy atom. The molecule has 2 aromatic heterocycles. The number of carbonyl (C=O) groups excluding carboxylic acids is 1. The molecule has 0 saturated carbocycles. The summed E-state index contributed by atoms with van der Waals surface area (Å²) in [5, 5.41) is 4.95. The lowest BCUT2D eigenvalue weighted by atomic mass is 10.2.